The lowest BCUT2D eigenvalue weighted by Gasteiger charge is -2.29. The monoisotopic (exact) mass is 354 g/mol. The normalized spacial score (nSPS) is 21.1. The Kier molecular flexibility index (Phi) is 9.32. The second-order valence-electron chi connectivity index (χ2n) is 5.52. The van der Waals surface area contributed by atoms with Crippen LogP contribution in [-0.4, -0.2) is 47.0 Å². The summed E-state index contributed by atoms with van der Waals surface area (Å²) in [5, 5.41) is 0.440. The van der Waals surface area contributed by atoms with E-state index in [0.29, 0.717) is 36.7 Å². The first-order valence-electron chi connectivity index (χ1n) is 7.58. The molecule has 0 aromatic carbocycles. The molecule has 2 unspecified atom stereocenters. The average Bonchev–Trinajstić information content (AvgIpc) is 2.43. The van der Waals surface area contributed by atoms with Crippen molar-refractivity contribution in [3.05, 3.63) is 0 Å². The largest absolute Gasteiger partial charge is 0.300 e. The van der Waals surface area contributed by atoms with Gasteiger partial charge in [0.2, 0.25) is 0 Å². The molecule has 0 spiro atoms. The lowest BCUT2D eigenvalue weighted by atomic mass is 9.92. The number of Topliss-reactive ketones (excluding diaryl/α,β-unsaturated/α-hetero) is 1. The van der Waals surface area contributed by atoms with E-state index in [9.17, 15) is 13.2 Å². The van der Waals surface area contributed by atoms with Gasteiger partial charge in [0.15, 0.2) is 0 Å². The third-order valence-corrected chi connectivity index (χ3v) is 7.42. The van der Waals surface area contributed by atoms with E-state index in [2.05, 4.69) is 6.92 Å². The molecule has 0 aliphatic carbocycles. The molecular formula is C14H26O4S3. The van der Waals surface area contributed by atoms with E-state index in [1.165, 1.54) is 0 Å². The molecule has 1 aliphatic rings. The minimum Gasteiger partial charge on any atom is -0.300 e. The van der Waals surface area contributed by atoms with Gasteiger partial charge in [-0.1, -0.05) is 13.3 Å². The first-order chi connectivity index (χ1) is 9.92. The van der Waals surface area contributed by atoms with Gasteiger partial charge in [0, 0.05) is 35.4 Å². The van der Waals surface area contributed by atoms with Gasteiger partial charge in [0.1, 0.15) is 5.78 Å². The Morgan fingerprint density at radius 1 is 1.33 bits per heavy atom. The van der Waals surface area contributed by atoms with Gasteiger partial charge in [-0.15, -0.1) is 0 Å². The zero-order valence-electron chi connectivity index (χ0n) is 12.6. The zero-order valence-corrected chi connectivity index (χ0v) is 15.1. The zero-order chi connectivity index (χ0) is 15.7. The number of rotatable bonds is 10. The molecule has 1 aliphatic heterocycles. The van der Waals surface area contributed by atoms with Crippen LogP contribution in [0.25, 0.3) is 0 Å². The fourth-order valence-electron chi connectivity index (χ4n) is 2.49. The number of hydrogen-bond acceptors (Lipinski definition) is 5. The second-order valence-corrected chi connectivity index (χ2v) is 9.59. The molecule has 0 saturated carbocycles. The van der Waals surface area contributed by atoms with E-state index in [1.807, 2.05) is 23.5 Å². The molecule has 1 fully saturated rings. The van der Waals surface area contributed by atoms with Crippen LogP contribution >= 0.6 is 23.5 Å². The van der Waals surface area contributed by atoms with Crippen molar-refractivity contribution in [3.8, 4) is 0 Å². The summed E-state index contributed by atoms with van der Waals surface area (Å²) in [6.07, 6.45) is 4.29. The maximum Gasteiger partial charge on any atom is 0.264 e. The lowest BCUT2D eigenvalue weighted by Crippen LogP contribution is -2.27. The SMILES string of the molecule is CCCCC(=O)CC(CCCS(=O)(=O)O)C1CSCCS1. The van der Waals surface area contributed by atoms with Crippen LogP contribution in [0.15, 0.2) is 0 Å². The van der Waals surface area contributed by atoms with Crippen LogP contribution in [0.1, 0.15) is 45.4 Å². The topological polar surface area (TPSA) is 71.4 Å². The summed E-state index contributed by atoms with van der Waals surface area (Å²) in [6.45, 7) is 2.07. The standard InChI is InChI=1S/C14H26O4S3/c1-2-3-6-13(15)10-12(5-4-9-21(16,17)18)14-11-19-7-8-20-14/h12,14H,2-11H2,1H3,(H,16,17,18). The molecule has 0 bridgehead atoms. The van der Waals surface area contributed by atoms with Crippen LogP contribution in [0, 0.1) is 5.92 Å². The van der Waals surface area contributed by atoms with Gasteiger partial charge >= 0.3 is 0 Å². The molecule has 1 saturated heterocycles. The van der Waals surface area contributed by atoms with Crippen LogP contribution in [0.3, 0.4) is 0 Å². The Morgan fingerprint density at radius 2 is 2.10 bits per heavy atom. The number of unbranched alkanes of at least 4 members (excludes halogenated alkanes) is 1. The molecule has 1 rings (SSSR count). The van der Waals surface area contributed by atoms with Crippen molar-refractivity contribution in [2.24, 2.45) is 5.92 Å². The molecule has 1 heterocycles. The Hall–Kier alpha value is 0.280. The third-order valence-electron chi connectivity index (χ3n) is 3.64. The summed E-state index contributed by atoms with van der Waals surface area (Å²) in [5.41, 5.74) is 0. The van der Waals surface area contributed by atoms with Gasteiger partial charge in [-0.2, -0.15) is 31.9 Å². The second kappa shape index (κ2) is 10.1. The molecular weight excluding hydrogens is 328 g/mol. The minimum atomic E-state index is -3.89. The molecule has 7 heteroatoms. The number of hydrogen-bond donors (Lipinski definition) is 1. The first-order valence-corrected chi connectivity index (χ1v) is 11.4. The highest BCUT2D eigenvalue weighted by Gasteiger charge is 2.26. The molecule has 21 heavy (non-hydrogen) atoms. The van der Waals surface area contributed by atoms with Crippen LogP contribution < -0.4 is 0 Å². The van der Waals surface area contributed by atoms with E-state index in [0.717, 1.165) is 30.1 Å². The van der Waals surface area contributed by atoms with Crippen molar-refractivity contribution in [1.29, 1.82) is 0 Å². The molecule has 1 N–H and O–H groups in total. The lowest BCUT2D eigenvalue weighted by molar-refractivity contribution is -0.120. The van der Waals surface area contributed by atoms with E-state index < -0.39 is 10.1 Å². The van der Waals surface area contributed by atoms with E-state index in [1.54, 1.807) is 0 Å². The van der Waals surface area contributed by atoms with Crippen molar-refractivity contribution in [2.75, 3.05) is 23.0 Å². The van der Waals surface area contributed by atoms with Crippen LogP contribution in [0.5, 0.6) is 0 Å². The van der Waals surface area contributed by atoms with E-state index >= 15 is 0 Å². The summed E-state index contributed by atoms with van der Waals surface area (Å²) in [7, 11) is -3.89. The fourth-order valence-corrected chi connectivity index (χ4v) is 6.03. The van der Waals surface area contributed by atoms with Crippen LogP contribution in [0.4, 0.5) is 0 Å². The molecule has 124 valence electrons. The third kappa shape index (κ3) is 9.11. The molecule has 0 amide bonds. The van der Waals surface area contributed by atoms with Gasteiger partial charge in [0.25, 0.3) is 10.1 Å². The van der Waals surface area contributed by atoms with Crippen molar-refractivity contribution in [2.45, 2.75) is 50.7 Å². The number of ketones is 1. The van der Waals surface area contributed by atoms with Crippen molar-refractivity contribution in [1.82, 2.24) is 0 Å². The summed E-state index contributed by atoms with van der Waals surface area (Å²) in [6, 6.07) is 0. The first kappa shape index (κ1) is 19.3. The fraction of sp³-hybridized carbons (Fsp3) is 0.929. The highest BCUT2D eigenvalue weighted by molar-refractivity contribution is 8.06. The number of thioether (sulfide) groups is 2. The molecule has 0 aromatic heterocycles. The smallest absolute Gasteiger partial charge is 0.264 e. The summed E-state index contributed by atoms with van der Waals surface area (Å²) < 4.78 is 30.5. The van der Waals surface area contributed by atoms with Crippen LogP contribution in [0.2, 0.25) is 0 Å². The van der Waals surface area contributed by atoms with Gasteiger partial charge in [-0.3, -0.25) is 9.35 Å². The summed E-state index contributed by atoms with van der Waals surface area (Å²) >= 11 is 3.83. The minimum absolute atomic E-state index is 0.197. The average molecular weight is 355 g/mol. The number of carbonyl (C=O) groups is 1. The number of carbonyl (C=O) groups excluding carboxylic acids is 1. The molecule has 4 nitrogen and oxygen atoms in total. The Bertz CT molecular complexity index is 402. The molecule has 0 aromatic rings. The van der Waals surface area contributed by atoms with Crippen LogP contribution in [-0.2, 0) is 14.9 Å². The predicted molar refractivity (Wildman–Crippen MR) is 91.9 cm³/mol. The predicted octanol–water partition coefficient (Wildman–Crippen LogP) is 3.27. The van der Waals surface area contributed by atoms with Gasteiger partial charge in [-0.25, -0.2) is 0 Å². The van der Waals surface area contributed by atoms with Gasteiger partial charge < -0.3 is 0 Å². The van der Waals surface area contributed by atoms with Gasteiger partial charge in [0.05, 0.1) is 5.75 Å². The highest BCUT2D eigenvalue weighted by atomic mass is 32.2. The van der Waals surface area contributed by atoms with E-state index in [-0.39, 0.29) is 11.7 Å². The quantitative estimate of drug-likeness (QED) is 0.607. The summed E-state index contributed by atoms with van der Waals surface area (Å²) in [4.78, 5) is 12.0. The van der Waals surface area contributed by atoms with E-state index in [4.69, 9.17) is 4.55 Å². The maximum absolute atomic E-state index is 12.0. The van der Waals surface area contributed by atoms with Gasteiger partial charge in [-0.05, 0) is 25.2 Å². The van der Waals surface area contributed by atoms with Crippen molar-refractivity contribution in [3.63, 3.8) is 0 Å². The van der Waals surface area contributed by atoms with Crippen molar-refractivity contribution < 1.29 is 17.8 Å². The molecule has 2 atom stereocenters. The Labute approximate surface area is 137 Å². The highest BCUT2D eigenvalue weighted by Crippen LogP contribution is 2.34. The Balaban J connectivity index is 2.50. The summed E-state index contributed by atoms with van der Waals surface area (Å²) in [5.74, 6) is 3.65. The maximum atomic E-state index is 12.0. The Morgan fingerprint density at radius 3 is 2.67 bits per heavy atom. The molecule has 0 radical (unpaired) electrons. The van der Waals surface area contributed by atoms with Crippen molar-refractivity contribution >= 4 is 39.4 Å².